The molecule has 1 N–H and O–H groups in total. The van der Waals surface area contributed by atoms with Crippen molar-refractivity contribution < 1.29 is 9.13 Å². The van der Waals surface area contributed by atoms with Crippen molar-refractivity contribution in [3.05, 3.63) is 48.0 Å². The van der Waals surface area contributed by atoms with E-state index < -0.39 is 0 Å². The fraction of sp³-hybridized carbons (Fsp3) is 0.278. The van der Waals surface area contributed by atoms with Crippen molar-refractivity contribution in [3.63, 3.8) is 0 Å². The monoisotopic (exact) mass is 339 g/mol. The quantitative estimate of drug-likeness (QED) is 0.679. The number of ether oxygens (including phenoxy) is 1. The molecule has 0 saturated carbocycles. The third-order valence-corrected chi connectivity index (χ3v) is 4.16. The van der Waals surface area contributed by atoms with Crippen molar-refractivity contribution >= 4 is 22.7 Å². The van der Waals surface area contributed by atoms with E-state index >= 15 is 0 Å². The second-order valence-corrected chi connectivity index (χ2v) is 6.00. The Hall–Kier alpha value is -2.96. The minimum Gasteiger partial charge on any atom is -0.493 e. The molecule has 1 aliphatic heterocycles. The molecular weight excluding hydrogens is 321 g/mol. The van der Waals surface area contributed by atoms with E-state index in [0.29, 0.717) is 31.3 Å². The van der Waals surface area contributed by atoms with Gasteiger partial charge in [0, 0.05) is 25.7 Å². The second-order valence-electron chi connectivity index (χ2n) is 6.00. The summed E-state index contributed by atoms with van der Waals surface area (Å²) in [5.41, 5.74) is 2.31. The Balaban J connectivity index is 1.78. The Morgan fingerprint density at radius 2 is 2.12 bits per heavy atom. The molecule has 1 aromatic carbocycles. The zero-order chi connectivity index (χ0) is 17.2. The van der Waals surface area contributed by atoms with Gasteiger partial charge in [-0.25, -0.2) is 19.3 Å². The van der Waals surface area contributed by atoms with Crippen LogP contribution in [0.4, 0.5) is 16.0 Å². The number of halogens is 1. The molecule has 25 heavy (non-hydrogen) atoms. The topological polar surface area (TPSA) is 63.2 Å². The average molecular weight is 339 g/mol. The van der Waals surface area contributed by atoms with Crippen LogP contribution in [0.5, 0.6) is 5.75 Å². The van der Waals surface area contributed by atoms with Crippen molar-refractivity contribution in [1.82, 2.24) is 15.0 Å². The van der Waals surface area contributed by atoms with Crippen molar-refractivity contribution in [2.24, 2.45) is 0 Å². The van der Waals surface area contributed by atoms with Gasteiger partial charge in [-0.15, -0.1) is 0 Å². The van der Waals surface area contributed by atoms with E-state index in [1.165, 1.54) is 18.5 Å². The average Bonchev–Trinajstić information content (AvgIpc) is 2.63. The molecule has 0 radical (unpaired) electrons. The third-order valence-electron chi connectivity index (χ3n) is 4.16. The highest BCUT2D eigenvalue weighted by Crippen LogP contribution is 2.26. The summed E-state index contributed by atoms with van der Waals surface area (Å²) in [5, 5.41) is 3.29. The lowest BCUT2D eigenvalue weighted by Gasteiger charge is -2.20. The fourth-order valence-electron chi connectivity index (χ4n) is 2.88. The number of nitrogens with one attached hydrogen (secondary N) is 1. The van der Waals surface area contributed by atoms with Gasteiger partial charge >= 0.3 is 0 Å². The molecule has 1 aliphatic rings. The van der Waals surface area contributed by atoms with Crippen molar-refractivity contribution in [2.75, 3.05) is 30.4 Å². The van der Waals surface area contributed by atoms with Gasteiger partial charge in [0.05, 0.1) is 12.1 Å². The fourth-order valence-corrected chi connectivity index (χ4v) is 2.88. The van der Waals surface area contributed by atoms with Crippen LogP contribution in [0.2, 0.25) is 0 Å². The molecule has 0 atom stereocenters. The SMILES string of the molecule is CN1Cc2cc(F)ccc2OCCCNc2ncnc3ccc1nc23. The number of aromatic nitrogens is 3. The van der Waals surface area contributed by atoms with Gasteiger partial charge in [-0.2, -0.15) is 0 Å². The Bertz CT molecular complexity index is 917. The maximum atomic E-state index is 13.7. The van der Waals surface area contributed by atoms with Gasteiger partial charge in [-0.1, -0.05) is 0 Å². The largest absolute Gasteiger partial charge is 0.493 e. The number of hydrogen-bond donors (Lipinski definition) is 1. The van der Waals surface area contributed by atoms with Crippen LogP contribution in [0.15, 0.2) is 36.7 Å². The van der Waals surface area contributed by atoms with E-state index in [2.05, 4.69) is 15.3 Å². The Kier molecular flexibility index (Phi) is 4.05. The van der Waals surface area contributed by atoms with Gasteiger partial charge in [0.1, 0.15) is 29.2 Å². The lowest BCUT2D eigenvalue weighted by atomic mass is 10.2. The molecule has 4 rings (SSSR count). The minimum atomic E-state index is -0.274. The first-order valence-corrected chi connectivity index (χ1v) is 8.19. The van der Waals surface area contributed by atoms with Crippen LogP contribution in [-0.4, -0.2) is 35.2 Å². The zero-order valence-electron chi connectivity index (χ0n) is 13.9. The standard InChI is InChI=1S/C18H18FN5O/c1-24-10-12-9-13(19)3-5-15(12)25-8-2-7-20-18-17-14(21-11-22-18)4-6-16(24)23-17/h3-6,9,11H,2,7-8,10H2,1H3,(H,20,21,22). The smallest absolute Gasteiger partial charge is 0.156 e. The molecule has 3 aromatic rings. The van der Waals surface area contributed by atoms with E-state index in [0.717, 1.165) is 28.8 Å². The summed E-state index contributed by atoms with van der Waals surface area (Å²) in [5.74, 6) is 1.90. The molecule has 0 amide bonds. The summed E-state index contributed by atoms with van der Waals surface area (Å²) in [6.45, 7) is 1.72. The summed E-state index contributed by atoms with van der Waals surface area (Å²) < 4.78 is 19.5. The Labute approximate surface area is 144 Å². The number of fused-ring (bicyclic) bond motifs is 2. The summed E-state index contributed by atoms with van der Waals surface area (Å²) >= 11 is 0. The van der Waals surface area contributed by atoms with Gasteiger partial charge in [-0.05, 0) is 36.8 Å². The Morgan fingerprint density at radius 3 is 3.04 bits per heavy atom. The molecule has 3 heterocycles. The lowest BCUT2D eigenvalue weighted by Crippen LogP contribution is -2.18. The van der Waals surface area contributed by atoms with Gasteiger partial charge in [-0.3, -0.25) is 0 Å². The zero-order valence-corrected chi connectivity index (χ0v) is 13.9. The number of pyridine rings is 1. The predicted octanol–water partition coefficient (Wildman–Crippen LogP) is 2.99. The second kappa shape index (κ2) is 6.51. The Morgan fingerprint density at radius 1 is 1.20 bits per heavy atom. The van der Waals surface area contributed by atoms with Crippen LogP contribution in [0, 0.1) is 5.82 Å². The lowest BCUT2D eigenvalue weighted by molar-refractivity contribution is 0.311. The molecular formula is C18H18FN5O. The molecule has 0 saturated heterocycles. The highest BCUT2D eigenvalue weighted by Gasteiger charge is 2.13. The van der Waals surface area contributed by atoms with Gasteiger partial charge in [0.15, 0.2) is 5.82 Å². The first-order valence-electron chi connectivity index (χ1n) is 8.19. The minimum absolute atomic E-state index is 0.274. The first kappa shape index (κ1) is 15.6. The number of hydrogen-bond acceptors (Lipinski definition) is 6. The number of benzene rings is 1. The van der Waals surface area contributed by atoms with Crippen LogP contribution in [0.25, 0.3) is 11.0 Å². The molecule has 0 spiro atoms. The van der Waals surface area contributed by atoms with Gasteiger partial charge < -0.3 is 15.0 Å². The number of rotatable bonds is 0. The molecule has 0 unspecified atom stereocenters. The molecule has 7 heteroatoms. The van der Waals surface area contributed by atoms with E-state index in [-0.39, 0.29) is 5.82 Å². The maximum Gasteiger partial charge on any atom is 0.156 e. The highest BCUT2D eigenvalue weighted by molar-refractivity contribution is 5.86. The van der Waals surface area contributed by atoms with E-state index in [1.807, 2.05) is 24.1 Å². The molecule has 128 valence electrons. The van der Waals surface area contributed by atoms with Crippen LogP contribution in [0.3, 0.4) is 0 Å². The summed E-state index contributed by atoms with van der Waals surface area (Å²) in [6, 6.07) is 8.44. The number of anilines is 2. The third kappa shape index (κ3) is 3.17. The molecule has 2 aromatic heterocycles. The van der Waals surface area contributed by atoms with E-state index in [4.69, 9.17) is 9.72 Å². The van der Waals surface area contributed by atoms with E-state index in [1.54, 1.807) is 6.07 Å². The van der Waals surface area contributed by atoms with Crippen LogP contribution in [0.1, 0.15) is 12.0 Å². The van der Waals surface area contributed by atoms with Gasteiger partial charge in [0.25, 0.3) is 0 Å². The first-order chi connectivity index (χ1) is 12.2. The van der Waals surface area contributed by atoms with Crippen LogP contribution >= 0.6 is 0 Å². The molecule has 0 fully saturated rings. The van der Waals surface area contributed by atoms with E-state index in [9.17, 15) is 4.39 Å². The summed E-state index contributed by atoms with van der Waals surface area (Å²) in [7, 11) is 1.92. The predicted molar refractivity (Wildman–Crippen MR) is 94.4 cm³/mol. The normalized spacial score (nSPS) is 14.7. The van der Waals surface area contributed by atoms with Crippen LogP contribution < -0.4 is 15.0 Å². The maximum absolute atomic E-state index is 13.7. The molecule has 0 aliphatic carbocycles. The highest BCUT2D eigenvalue weighted by atomic mass is 19.1. The molecule has 2 bridgehead atoms. The summed E-state index contributed by atoms with van der Waals surface area (Å²) in [6.07, 6.45) is 2.32. The van der Waals surface area contributed by atoms with Crippen molar-refractivity contribution in [3.8, 4) is 5.75 Å². The van der Waals surface area contributed by atoms with Crippen molar-refractivity contribution in [1.29, 1.82) is 0 Å². The van der Waals surface area contributed by atoms with Crippen LogP contribution in [-0.2, 0) is 6.54 Å². The summed E-state index contributed by atoms with van der Waals surface area (Å²) in [4.78, 5) is 15.2. The van der Waals surface area contributed by atoms with Gasteiger partial charge in [0.2, 0.25) is 0 Å². The van der Waals surface area contributed by atoms with Crippen molar-refractivity contribution in [2.45, 2.75) is 13.0 Å². The molecule has 6 nitrogen and oxygen atoms in total. The number of nitrogens with zero attached hydrogens (tertiary/aromatic N) is 4.